The van der Waals surface area contributed by atoms with Crippen molar-refractivity contribution in [1.82, 2.24) is 20.5 Å². The maximum atomic E-state index is 12.1. The summed E-state index contributed by atoms with van der Waals surface area (Å²) < 4.78 is 0. The van der Waals surface area contributed by atoms with E-state index in [9.17, 15) is 9.90 Å². The van der Waals surface area contributed by atoms with Gasteiger partial charge in [0.05, 0.1) is 6.10 Å². The van der Waals surface area contributed by atoms with Gasteiger partial charge in [-0.2, -0.15) is 5.10 Å². The van der Waals surface area contributed by atoms with Gasteiger partial charge < -0.3 is 10.4 Å². The number of nitrogens with one attached hydrogen (secondary N) is 2. The summed E-state index contributed by atoms with van der Waals surface area (Å²) in [5, 5.41) is 19.2. The van der Waals surface area contributed by atoms with Crippen LogP contribution in [0.1, 0.15) is 35.9 Å². The Bertz CT molecular complexity index is 609. The topological polar surface area (TPSA) is 90.9 Å². The Hall–Kier alpha value is -2.21. The van der Waals surface area contributed by atoms with E-state index in [0.29, 0.717) is 17.8 Å². The van der Waals surface area contributed by atoms with Crippen molar-refractivity contribution in [3.63, 3.8) is 0 Å². The Balaban J connectivity index is 2.05. The number of nitrogens with zero attached hydrogens (tertiary/aromatic N) is 2. The molecule has 0 saturated heterocycles. The molecule has 0 aliphatic heterocycles. The van der Waals surface area contributed by atoms with Gasteiger partial charge in [-0.1, -0.05) is 25.5 Å². The van der Waals surface area contributed by atoms with E-state index in [0.717, 1.165) is 17.8 Å². The molecular weight excluding hydrogens is 268 g/mol. The lowest BCUT2D eigenvalue weighted by Gasteiger charge is -2.11. The highest BCUT2D eigenvalue weighted by atomic mass is 16.3. The zero-order chi connectivity index (χ0) is 15.2. The number of aliphatic hydroxyl groups excluding tert-OH is 1. The second-order valence-electron chi connectivity index (χ2n) is 4.98. The molecule has 3 N–H and O–H groups in total. The van der Waals surface area contributed by atoms with E-state index in [-0.39, 0.29) is 12.5 Å². The second-order valence-corrected chi connectivity index (χ2v) is 4.98. The number of carbonyl (C=O) groups excluding carboxylic acids is 1. The second kappa shape index (κ2) is 6.99. The predicted molar refractivity (Wildman–Crippen MR) is 79.8 cm³/mol. The Labute approximate surface area is 123 Å². The van der Waals surface area contributed by atoms with Gasteiger partial charge in [-0.3, -0.25) is 9.89 Å². The van der Waals surface area contributed by atoms with Gasteiger partial charge >= 0.3 is 0 Å². The number of aromatic amines is 1. The van der Waals surface area contributed by atoms with Crippen molar-refractivity contribution >= 4 is 5.91 Å². The van der Waals surface area contributed by atoms with Gasteiger partial charge in [0, 0.05) is 17.7 Å². The van der Waals surface area contributed by atoms with Gasteiger partial charge in [-0.15, -0.1) is 0 Å². The van der Waals surface area contributed by atoms with E-state index in [1.54, 1.807) is 18.2 Å². The molecule has 0 radical (unpaired) electrons. The molecule has 6 heteroatoms. The SMILES string of the molecule is CCCC(O)CNC(=O)c1cccc(-c2n[nH]c(C)n2)c1. The first-order valence-electron chi connectivity index (χ1n) is 7.06. The molecule has 1 unspecified atom stereocenters. The third-order valence-corrected chi connectivity index (χ3v) is 3.10. The number of amides is 1. The average Bonchev–Trinajstić information content (AvgIpc) is 2.92. The van der Waals surface area contributed by atoms with Crippen molar-refractivity contribution in [2.24, 2.45) is 0 Å². The Kier molecular flexibility index (Phi) is 5.05. The van der Waals surface area contributed by atoms with Crippen LogP contribution in [0.4, 0.5) is 0 Å². The van der Waals surface area contributed by atoms with Crippen molar-refractivity contribution in [1.29, 1.82) is 0 Å². The van der Waals surface area contributed by atoms with E-state index in [4.69, 9.17) is 0 Å². The largest absolute Gasteiger partial charge is 0.391 e. The average molecular weight is 288 g/mol. The number of carbonyl (C=O) groups is 1. The third-order valence-electron chi connectivity index (χ3n) is 3.10. The van der Waals surface area contributed by atoms with Crippen molar-refractivity contribution in [3.8, 4) is 11.4 Å². The summed E-state index contributed by atoms with van der Waals surface area (Å²) in [6.07, 6.45) is 1.06. The number of hydrogen-bond acceptors (Lipinski definition) is 4. The van der Waals surface area contributed by atoms with Gasteiger partial charge in [0.15, 0.2) is 5.82 Å². The summed E-state index contributed by atoms with van der Waals surface area (Å²) in [5.41, 5.74) is 1.31. The van der Waals surface area contributed by atoms with E-state index in [1.807, 2.05) is 19.9 Å². The summed E-state index contributed by atoms with van der Waals surface area (Å²) >= 11 is 0. The van der Waals surface area contributed by atoms with Crippen molar-refractivity contribution < 1.29 is 9.90 Å². The van der Waals surface area contributed by atoms with Crippen LogP contribution in [-0.4, -0.2) is 38.8 Å². The molecule has 112 valence electrons. The molecule has 1 amide bonds. The Morgan fingerprint density at radius 1 is 1.48 bits per heavy atom. The fraction of sp³-hybridized carbons (Fsp3) is 0.400. The molecule has 0 aliphatic carbocycles. The van der Waals surface area contributed by atoms with Crippen molar-refractivity contribution in [3.05, 3.63) is 35.7 Å². The maximum Gasteiger partial charge on any atom is 0.251 e. The molecule has 1 heterocycles. The van der Waals surface area contributed by atoms with Crippen molar-refractivity contribution in [2.45, 2.75) is 32.8 Å². The van der Waals surface area contributed by atoms with Gasteiger partial charge in [-0.25, -0.2) is 4.98 Å². The van der Waals surface area contributed by atoms with Crippen molar-refractivity contribution in [2.75, 3.05) is 6.54 Å². The monoisotopic (exact) mass is 288 g/mol. The molecule has 1 aromatic carbocycles. The number of hydrogen-bond donors (Lipinski definition) is 3. The molecule has 0 saturated carbocycles. The lowest BCUT2D eigenvalue weighted by Crippen LogP contribution is -2.31. The van der Waals surface area contributed by atoms with Crippen LogP contribution < -0.4 is 5.32 Å². The molecule has 0 aliphatic rings. The first kappa shape index (κ1) is 15.2. The molecule has 1 atom stereocenters. The highest BCUT2D eigenvalue weighted by Crippen LogP contribution is 2.16. The van der Waals surface area contributed by atoms with E-state index >= 15 is 0 Å². The van der Waals surface area contributed by atoms with Crippen LogP contribution in [0.5, 0.6) is 0 Å². The van der Waals surface area contributed by atoms with E-state index in [1.165, 1.54) is 0 Å². The van der Waals surface area contributed by atoms with Gasteiger partial charge in [-0.05, 0) is 25.5 Å². The number of aromatic nitrogens is 3. The van der Waals surface area contributed by atoms with E-state index in [2.05, 4.69) is 20.5 Å². The molecule has 1 aromatic heterocycles. The fourth-order valence-corrected chi connectivity index (χ4v) is 2.02. The summed E-state index contributed by atoms with van der Waals surface area (Å²) in [7, 11) is 0. The number of H-pyrrole nitrogens is 1. The number of rotatable bonds is 6. The Morgan fingerprint density at radius 2 is 2.29 bits per heavy atom. The quantitative estimate of drug-likeness (QED) is 0.754. The number of benzene rings is 1. The molecule has 21 heavy (non-hydrogen) atoms. The molecule has 0 fully saturated rings. The van der Waals surface area contributed by atoms with Crippen LogP contribution in [0.15, 0.2) is 24.3 Å². The number of aliphatic hydroxyl groups is 1. The van der Waals surface area contributed by atoms with Crippen LogP contribution in [0.25, 0.3) is 11.4 Å². The minimum atomic E-state index is -0.502. The van der Waals surface area contributed by atoms with Gasteiger partial charge in [0.1, 0.15) is 5.82 Å². The maximum absolute atomic E-state index is 12.1. The first-order chi connectivity index (χ1) is 10.1. The standard InChI is InChI=1S/C15H20N4O2/c1-3-5-13(20)9-16-15(21)12-7-4-6-11(8-12)14-17-10(2)18-19-14/h4,6-8,13,20H,3,5,9H2,1-2H3,(H,16,21)(H,17,18,19). The highest BCUT2D eigenvalue weighted by molar-refractivity contribution is 5.95. The van der Waals surface area contributed by atoms with Crippen LogP contribution in [0, 0.1) is 6.92 Å². The zero-order valence-electron chi connectivity index (χ0n) is 12.3. The number of aryl methyl sites for hydroxylation is 1. The van der Waals surface area contributed by atoms with Gasteiger partial charge in [0.25, 0.3) is 5.91 Å². The van der Waals surface area contributed by atoms with Crippen LogP contribution in [0.2, 0.25) is 0 Å². The predicted octanol–water partition coefficient (Wildman–Crippen LogP) is 1.67. The Morgan fingerprint density at radius 3 is 2.95 bits per heavy atom. The highest BCUT2D eigenvalue weighted by Gasteiger charge is 2.11. The lowest BCUT2D eigenvalue weighted by molar-refractivity contribution is 0.0910. The first-order valence-corrected chi connectivity index (χ1v) is 7.06. The molecular formula is C15H20N4O2. The fourth-order valence-electron chi connectivity index (χ4n) is 2.02. The molecule has 6 nitrogen and oxygen atoms in total. The lowest BCUT2D eigenvalue weighted by atomic mass is 10.1. The minimum absolute atomic E-state index is 0.209. The van der Waals surface area contributed by atoms with Crippen LogP contribution >= 0.6 is 0 Å². The summed E-state index contributed by atoms with van der Waals surface area (Å²) in [6.45, 7) is 4.08. The molecule has 2 rings (SSSR count). The zero-order valence-corrected chi connectivity index (χ0v) is 12.3. The summed E-state index contributed by atoms with van der Waals surface area (Å²) in [6, 6.07) is 7.11. The summed E-state index contributed by atoms with van der Waals surface area (Å²) in [5.74, 6) is 1.08. The minimum Gasteiger partial charge on any atom is -0.391 e. The normalized spacial score (nSPS) is 12.1. The summed E-state index contributed by atoms with van der Waals surface area (Å²) in [4.78, 5) is 16.3. The van der Waals surface area contributed by atoms with Gasteiger partial charge in [0.2, 0.25) is 0 Å². The van der Waals surface area contributed by atoms with Crippen LogP contribution in [0.3, 0.4) is 0 Å². The molecule has 0 spiro atoms. The van der Waals surface area contributed by atoms with Crippen LogP contribution in [-0.2, 0) is 0 Å². The molecule has 2 aromatic rings. The third kappa shape index (κ3) is 4.13. The van der Waals surface area contributed by atoms with E-state index < -0.39 is 6.10 Å². The smallest absolute Gasteiger partial charge is 0.251 e. The molecule has 0 bridgehead atoms.